The summed E-state index contributed by atoms with van der Waals surface area (Å²) in [6.45, 7) is 11.1. The van der Waals surface area contributed by atoms with E-state index in [1.807, 2.05) is 34.6 Å². The molecule has 0 radical (unpaired) electrons. The number of carbonyl (C=O) groups excluding carboxylic acids is 1. The molecule has 1 amide bonds. The van der Waals surface area contributed by atoms with Crippen LogP contribution in [0.25, 0.3) is 0 Å². The minimum absolute atomic E-state index is 0.0167. The van der Waals surface area contributed by atoms with Crippen molar-refractivity contribution in [3.63, 3.8) is 0 Å². The summed E-state index contributed by atoms with van der Waals surface area (Å²) in [7, 11) is 1.68. The highest BCUT2D eigenvalue weighted by Gasteiger charge is 2.16. The molecule has 1 rings (SSSR count). The number of anilines is 1. The molecule has 4 heteroatoms. The molecule has 1 aromatic carbocycles. The van der Waals surface area contributed by atoms with Gasteiger partial charge in [0, 0.05) is 5.69 Å². The Morgan fingerprint density at radius 1 is 1.05 bits per heavy atom. The van der Waals surface area contributed by atoms with Crippen molar-refractivity contribution in [2.45, 2.75) is 34.6 Å². The predicted octanol–water partition coefficient (Wildman–Crippen LogP) is 2.48. The van der Waals surface area contributed by atoms with Gasteiger partial charge in [-0.25, -0.2) is 0 Å². The van der Waals surface area contributed by atoms with E-state index in [0.29, 0.717) is 6.54 Å². The molecule has 0 aliphatic rings. The van der Waals surface area contributed by atoms with Gasteiger partial charge in [-0.2, -0.15) is 0 Å². The number of carbonyl (C=O) groups is 1. The van der Waals surface area contributed by atoms with Crippen molar-refractivity contribution in [1.82, 2.24) is 5.32 Å². The van der Waals surface area contributed by atoms with Crippen LogP contribution in [0.5, 0.6) is 5.75 Å². The Hall–Kier alpha value is -1.55. The number of methoxy groups -OCH3 is 1. The van der Waals surface area contributed by atoms with Crippen molar-refractivity contribution in [2.24, 2.45) is 0 Å². The van der Waals surface area contributed by atoms with Gasteiger partial charge in [-0.3, -0.25) is 4.79 Å². The van der Waals surface area contributed by atoms with E-state index in [-0.39, 0.29) is 5.91 Å². The third-order valence-corrected chi connectivity index (χ3v) is 3.56. The summed E-state index contributed by atoms with van der Waals surface area (Å²) in [5.41, 5.74) is 5.17. The van der Waals surface area contributed by atoms with Crippen LogP contribution in [-0.4, -0.2) is 26.1 Å². The topological polar surface area (TPSA) is 50.4 Å². The zero-order chi connectivity index (χ0) is 14.6. The first kappa shape index (κ1) is 15.5. The van der Waals surface area contributed by atoms with Crippen LogP contribution in [0, 0.1) is 27.7 Å². The number of rotatable bonds is 5. The van der Waals surface area contributed by atoms with Gasteiger partial charge < -0.3 is 15.4 Å². The van der Waals surface area contributed by atoms with Gasteiger partial charge in [0.25, 0.3) is 0 Å². The molecule has 0 saturated heterocycles. The highest BCUT2D eigenvalue weighted by atomic mass is 16.5. The highest BCUT2D eigenvalue weighted by Crippen LogP contribution is 2.35. The first-order valence-electron chi connectivity index (χ1n) is 6.58. The summed E-state index contributed by atoms with van der Waals surface area (Å²) in [5.74, 6) is 0.886. The van der Waals surface area contributed by atoms with E-state index in [2.05, 4.69) is 10.6 Å². The average Bonchev–Trinajstić information content (AvgIpc) is 2.40. The van der Waals surface area contributed by atoms with Crippen molar-refractivity contribution in [2.75, 3.05) is 25.5 Å². The van der Waals surface area contributed by atoms with E-state index in [1.165, 1.54) is 0 Å². The van der Waals surface area contributed by atoms with Gasteiger partial charge >= 0.3 is 0 Å². The van der Waals surface area contributed by atoms with Crippen LogP contribution in [0.3, 0.4) is 0 Å². The molecule has 0 spiro atoms. The molecule has 0 atom stereocenters. The molecule has 0 fully saturated rings. The van der Waals surface area contributed by atoms with E-state index >= 15 is 0 Å². The minimum atomic E-state index is -0.0167. The lowest BCUT2D eigenvalue weighted by Gasteiger charge is -2.20. The molecule has 0 aliphatic carbocycles. The fourth-order valence-electron chi connectivity index (χ4n) is 2.19. The number of benzene rings is 1. The lowest BCUT2D eigenvalue weighted by molar-refractivity contribution is -0.115. The van der Waals surface area contributed by atoms with E-state index in [1.54, 1.807) is 7.11 Å². The van der Waals surface area contributed by atoms with Crippen LogP contribution in [0.4, 0.5) is 5.69 Å². The fraction of sp³-hybridized carbons (Fsp3) is 0.533. The summed E-state index contributed by atoms with van der Waals surface area (Å²) in [5, 5.41) is 6.01. The Kier molecular flexibility index (Phi) is 5.36. The van der Waals surface area contributed by atoms with Gasteiger partial charge in [-0.1, -0.05) is 6.92 Å². The van der Waals surface area contributed by atoms with Gasteiger partial charge in [0.1, 0.15) is 5.75 Å². The number of ether oxygens (including phenoxy) is 1. The summed E-state index contributed by atoms with van der Waals surface area (Å²) < 4.78 is 5.44. The smallest absolute Gasteiger partial charge is 0.238 e. The van der Waals surface area contributed by atoms with Crippen molar-refractivity contribution in [3.8, 4) is 5.75 Å². The highest BCUT2D eigenvalue weighted by molar-refractivity contribution is 5.94. The van der Waals surface area contributed by atoms with E-state index < -0.39 is 0 Å². The van der Waals surface area contributed by atoms with Crippen molar-refractivity contribution < 1.29 is 9.53 Å². The Labute approximate surface area is 115 Å². The first-order chi connectivity index (χ1) is 8.93. The third-order valence-electron chi connectivity index (χ3n) is 3.56. The van der Waals surface area contributed by atoms with Crippen molar-refractivity contribution in [3.05, 3.63) is 22.3 Å². The molecule has 0 saturated carbocycles. The maximum Gasteiger partial charge on any atom is 0.238 e. The number of hydrogen-bond acceptors (Lipinski definition) is 3. The van der Waals surface area contributed by atoms with Gasteiger partial charge in [0.2, 0.25) is 5.91 Å². The first-order valence-corrected chi connectivity index (χ1v) is 6.58. The van der Waals surface area contributed by atoms with Crippen LogP contribution in [-0.2, 0) is 4.79 Å². The second-order valence-electron chi connectivity index (χ2n) is 4.74. The van der Waals surface area contributed by atoms with E-state index in [0.717, 1.165) is 40.2 Å². The summed E-state index contributed by atoms with van der Waals surface area (Å²) in [6, 6.07) is 0. The van der Waals surface area contributed by atoms with Crippen LogP contribution in [0.2, 0.25) is 0 Å². The Morgan fingerprint density at radius 2 is 1.58 bits per heavy atom. The quantitative estimate of drug-likeness (QED) is 0.859. The van der Waals surface area contributed by atoms with Gasteiger partial charge in [0.15, 0.2) is 0 Å². The predicted molar refractivity (Wildman–Crippen MR) is 79.1 cm³/mol. The zero-order valence-corrected chi connectivity index (χ0v) is 12.7. The van der Waals surface area contributed by atoms with Gasteiger partial charge in [-0.05, 0) is 56.5 Å². The largest absolute Gasteiger partial charge is 0.496 e. The minimum Gasteiger partial charge on any atom is -0.496 e. The standard InChI is InChI=1S/C15H24N2O2/c1-7-16-8-13(18)17-14-9(2)11(4)15(19-6)12(5)10(14)3/h16H,7-8H2,1-6H3,(H,17,18). The number of nitrogens with one attached hydrogen (secondary N) is 2. The number of likely N-dealkylation sites (N-methyl/N-ethyl adjacent to an activating group) is 1. The molecule has 2 N–H and O–H groups in total. The molecule has 19 heavy (non-hydrogen) atoms. The van der Waals surface area contributed by atoms with Crippen LogP contribution >= 0.6 is 0 Å². The molecule has 106 valence electrons. The van der Waals surface area contributed by atoms with Crippen molar-refractivity contribution in [1.29, 1.82) is 0 Å². The second kappa shape index (κ2) is 6.57. The summed E-state index contributed by atoms with van der Waals surface area (Å²) >= 11 is 0. The number of amides is 1. The van der Waals surface area contributed by atoms with E-state index in [4.69, 9.17) is 4.74 Å². The molecule has 4 nitrogen and oxygen atoms in total. The normalized spacial score (nSPS) is 10.4. The maximum absolute atomic E-state index is 11.8. The molecule has 1 aromatic rings. The van der Waals surface area contributed by atoms with Crippen molar-refractivity contribution >= 4 is 11.6 Å². The van der Waals surface area contributed by atoms with Crippen LogP contribution < -0.4 is 15.4 Å². The monoisotopic (exact) mass is 264 g/mol. The molecular weight excluding hydrogens is 240 g/mol. The van der Waals surface area contributed by atoms with E-state index in [9.17, 15) is 4.79 Å². The maximum atomic E-state index is 11.8. The average molecular weight is 264 g/mol. The fourth-order valence-corrected chi connectivity index (χ4v) is 2.19. The third kappa shape index (κ3) is 3.26. The van der Waals surface area contributed by atoms with Gasteiger partial charge in [-0.15, -0.1) is 0 Å². The lowest BCUT2D eigenvalue weighted by atomic mass is 9.97. The van der Waals surface area contributed by atoms with Crippen LogP contribution in [0.15, 0.2) is 0 Å². The molecule has 0 aliphatic heterocycles. The number of hydrogen-bond donors (Lipinski definition) is 2. The summed E-state index contributed by atoms with van der Waals surface area (Å²) in [4.78, 5) is 11.8. The zero-order valence-electron chi connectivity index (χ0n) is 12.7. The Morgan fingerprint density at radius 3 is 2.00 bits per heavy atom. The SMILES string of the molecule is CCNCC(=O)Nc1c(C)c(C)c(OC)c(C)c1C. The molecule has 0 aromatic heterocycles. The molecule has 0 heterocycles. The molecule has 0 unspecified atom stereocenters. The Balaban J connectivity index is 3.12. The van der Waals surface area contributed by atoms with Gasteiger partial charge in [0.05, 0.1) is 13.7 Å². The van der Waals surface area contributed by atoms with Crippen LogP contribution in [0.1, 0.15) is 29.2 Å². The molecular formula is C15H24N2O2. The second-order valence-corrected chi connectivity index (χ2v) is 4.74. The Bertz CT molecular complexity index is 453. The summed E-state index contributed by atoms with van der Waals surface area (Å²) in [6.07, 6.45) is 0. The lowest BCUT2D eigenvalue weighted by Crippen LogP contribution is -2.28. The molecule has 0 bridgehead atoms.